The summed E-state index contributed by atoms with van der Waals surface area (Å²) >= 11 is 13.2. The average molecular weight is 324 g/mol. The monoisotopic (exact) mass is 323 g/mol. The molecule has 0 aliphatic carbocycles. The lowest BCUT2D eigenvalue weighted by Crippen LogP contribution is -2.13. The molecule has 2 heterocycles. The molecule has 0 saturated heterocycles. The van der Waals surface area contributed by atoms with Gasteiger partial charge in [0.15, 0.2) is 11.0 Å². The number of aromatic nitrogens is 2. The number of fused-ring (bicyclic) bond motifs is 1. The van der Waals surface area contributed by atoms with E-state index in [9.17, 15) is 4.79 Å². The second kappa shape index (κ2) is 5.36. The molecule has 7 heteroatoms. The number of nitrogens with one attached hydrogen (secondary N) is 1. The minimum atomic E-state index is -0.279. The van der Waals surface area contributed by atoms with Crippen molar-refractivity contribution in [1.82, 2.24) is 9.97 Å². The maximum absolute atomic E-state index is 12.3. The number of amides is 1. The molecule has 4 nitrogen and oxygen atoms in total. The molecular weight excluding hydrogens is 317 g/mol. The smallest absolute Gasteiger partial charge is 0.258 e. The van der Waals surface area contributed by atoms with Crippen molar-refractivity contribution in [3.63, 3.8) is 0 Å². The molecule has 0 aliphatic heterocycles. The van der Waals surface area contributed by atoms with E-state index >= 15 is 0 Å². The summed E-state index contributed by atoms with van der Waals surface area (Å²) in [6, 6.07) is 7.68. The predicted octanol–water partition coefficient (Wildman–Crippen LogP) is 4.25. The van der Waals surface area contributed by atoms with Crippen molar-refractivity contribution in [2.75, 3.05) is 5.32 Å². The number of nitrogens with zero attached hydrogens (tertiary/aromatic N) is 2. The van der Waals surface area contributed by atoms with Crippen molar-refractivity contribution >= 4 is 56.3 Å². The summed E-state index contributed by atoms with van der Waals surface area (Å²) in [6.07, 6.45) is 1.25. The highest BCUT2D eigenvalue weighted by molar-refractivity contribution is 7.17. The minimum absolute atomic E-state index is 0.104. The van der Waals surface area contributed by atoms with Gasteiger partial charge in [0.2, 0.25) is 0 Å². The molecule has 0 fully saturated rings. The van der Waals surface area contributed by atoms with Gasteiger partial charge < -0.3 is 5.32 Å². The first-order chi connectivity index (χ1) is 9.66. The zero-order valence-electron chi connectivity index (χ0n) is 9.93. The maximum Gasteiger partial charge on any atom is 0.258 e. The van der Waals surface area contributed by atoms with Crippen molar-refractivity contribution in [3.05, 3.63) is 51.7 Å². The minimum Gasteiger partial charge on any atom is -0.305 e. The lowest BCUT2D eigenvalue weighted by molar-refractivity contribution is 0.102. The van der Waals surface area contributed by atoms with Crippen molar-refractivity contribution < 1.29 is 4.79 Å². The van der Waals surface area contributed by atoms with E-state index in [2.05, 4.69) is 15.3 Å². The molecule has 0 unspecified atom stereocenters. The van der Waals surface area contributed by atoms with Crippen LogP contribution in [0.5, 0.6) is 0 Å². The Hall–Kier alpha value is -1.69. The number of benzene rings is 1. The Balaban J connectivity index is 1.95. The second-order valence-corrected chi connectivity index (χ2v) is 5.57. The Kier molecular flexibility index (Phi) is 3.56. The fraction of sp³-hybridized carbons (Fsp3) is 0. The van der Waals surface area contributed by atoms with Gasteiger partial charge in [-0.15, -0.1) is 11.3 Å². The lowest BCUT2D eigenvalue weighted by atomic mass is 10.1. The number of rotatable bonds is 2. The summed E-state index contributed by atoms with van der Waals surface area (Å²) < 4.78 is 1.05. The molecule has 3 aromatic rings. The molecule has 0 bridgehead atoms. The van der Waals surface area contributed by atoms with E-state index in [0.717, 1.165) is 10.1 Å². The Morgan fingerprint density at radius 1 is 1.20 bits per heavy atom. The molecule has 100 valence electrons. The number of hydrogen-bond acceptors (Lipinski definition) is 4. The van der Waals surface area contributed by atoms with Crippen LogP contribution in [0.1, 0.15) is 10.4 Å². The molecule has 0 atom stereocenters. The molecular formula is C13H7Cl2N3OS. The van der Waals surface area contributed by atoms with Crippen LogP contribution in [0.3, 0.4) is 0 Å². The first-order valence-electron chi connectivity index (χ1n) is 5.60. The number of carbonyl (C=O) groups is 1. The zero-order chi connectivity index (χ0) is 14.1. The molecule has 1 N–H and O–H groups in total. The number of anilines is 1. The third-order valence-corrected chi connectivity index (χ3v) is 4.41. The summed E-state index contributed by atoms with van der Waals surface area (Å²) in [5, 5.41) is 5.57. The maximum atomic E-state index is 12.3. The third kappa shape index (κ3) is 2.35. The summed E-state index contributed by atoms with van der Waals surface area (Å²) in [5.74, 6) is -0.0777. The predicted molar refractivity (Wildman–Crippen MR) is 81.8 cm³/mol. The summed E-state index contributed by atoms with van der Waals surface area (Å²) in [7, 11) is 0. The van der Waals surface area contributed by atoms with Gasteiger partial charge in [-0.05, 0) is 6.07 Å². The molecule has 1 amide bonds. The molecule has 0 saturated carbocycles. The molecule has 0 radical (unpaired) electrons. The van der Waals surface area contributed by atoms with Gasteiger partial charge in [0.25, 0.3) is 5.91 Å². The Morgan fingerprint density at radius 3 is 2.85 bits per heavy atom. The zero-order valence-corrected chi connectivity index (χ0v) is 12.3. The molecule has 1 aromatic carbocycles. The van der Waals surface area contributed by atoms with E-state index in [0.29, 0.717) is 5.56 Å². The number of halogens is 2. The van der Waals surface area contributed by atoms with Gasteiger partial charge in [0.05, 0.1) is 5.56 Å². The topological polar surface area (TPSA) is 54.9 Å². The van der Waals surface area contributed by atoms with Crippen LogP contribution in [0.4, 0.5) is 5.82 Å². The van der Waals surface area contributed by atoms with E-state index in [-0.39, 0.29) is 21.9 Å². The summed E-state index contributed by atoms with van der Waals surface area (Å²) in [6.45, 7) is 0. The molecule has 20 heavy (non-hydrogen) atoms. The Labute approximate surface area is 128 Å². The largest absolute Gasteiger partial charge is 0.305 e. The van der Waals surface area contributed by atoms with E-state index in [4.69, 9.17) is 23.2 Å². The normalized spacial score (nSPS) is 10.7. The number of carbonyl (C=O) groups excluding carboxylic acids is 1. The van der Waals surface area contributed by atoms with Crippen molar-refractivity contribution in [3.8, 4) is 0 Å². The first kappa shape index (κ1) is 13.3. The van der Waals surface area contributed by atoms with E-state index in [1.54, 1.807) is 5.38 Å². The SMILES string of the molecule is O=C(Nc1ncnc(Cl)c1Cl)c1csc2ccccc12. The summed E-state index contributed by atoms with van der Waals surface area (Å²) in [5.41, 5.74) is 0.580. The Bertz CT molecular complexity index is 803. The molecule has 2 aromatic heterocycles. The number of hydrogen-bond donors (Lipinski definition) is 1. The van der Waals surface area contributed by atoms with Gasteiger partial charge in [-0.1, -0.05) is 41.4 Å². The lowest BCUT2D eigenvalue weighted by Gasteiger charge is -2.05. The fourth-order valence-electron chi connectivity index (χ4n) is 1.76. The molecule has 3 rings (SSSR count). The third-order valence-electron chi connectivity index (χ3n) is 2.70. The second-order valence-electron chi connectivity index (χ2n) is 3.93. The van der Waals surface area contributed by atoms with Gasteiger partial charge in [-0.25, -0.2) is 9.97 Å². The van der Waals surface area contributed by atoms with Gasteiger partial charge >= 0.3 is 0 Å². The van der Waals surface area contributed by atoms with Gasteiger partial charge in [0.1, 0.15) is 11.3 Å². The fourth-order valence-corrected chi connectivity index (χ4v) is 2.98. The first-order valence-corrected chi connectivity index (χ1v) is 7.24. The van der Waals surface area contributed by atoms with Crippen molar-refractivity contribution in [1.29, 1.82) is 0 Å². The highest BCUT2D eigenvalue weighted by Crippen LogP contribution is 2.28. The van der Waals surface area contributed by atoms with Crippen LogP contribution < -0.4 is 5.32 Å². The molecule has 0 aliphatic rings. The summed E-state index contributed by atoms with van der Waals surface area (Å²) in [4.78, 5) is 19.9. The number of thiophene rings is 1. The van der Waals surface area contributed by atoms with Crippen LogP contribution in [-0.4, -0.2) is 15.9 Å². The van der Waals surface area contributed by atoms with Crippen LogP contribution in [0, 0.1) is 0 Å². The van der Waals surface area contributed by atoms with E-state index < -0.39 is 0 Å². The van der Waals surface area contributed by atoms with Crippen LogP contribution >= 0.6 is 34.5 Å². The van der Waals surface area contributed by atoms with Crippen LogP contribution in [-0.2, 0) is 0 Å². The highest BCUT2D eigenvalue weighted by atomic mass is 35.5. The Morgan fingerprint density at radius 2 is 2.00 bits per heavy atom. The van der Waals surface area contributed by atoms with E-state index in [1.165, 1.54) is 17.7 Å². The highest BCUT2D eigenvalue weighted by Gasteiger charge is 2.15. The standard InChI is InChI=1S/C13H7Cl2N3OS/c14-10-11(15)16-6-17-12(10)18-13(19)8-5-20-9-4-2-1-3-7(8)9/h1-6H,(H,16,17,18,19). The van der Waals surface area contributed by atoms with E-state index in [1.807, 2.05) is 24.3 Å². The quantitative estimate of drug-likeness (QED) is 0.717. The average Bonchev–Trinajstić information content (AvgIpc) is 2.88. The van der Waals surface area contributed by atoms with Crippen LogP contribution in [0.15, 0.2) is 36.0 Å². The van der Waals surface area contributed by atoms with Crippen LogP contribution in [0.25, 0.3) is 10.1 Å². The van der Waals surface area contributed by atoms with Gasteiger partial charge in [0, 0.05) is 15.5 Å². The van der Waals surface area contributed by atoms with Crippen LogP contribution in [0.2, 0.25) is 10.2 Å². The van der Waals surface area contributed by atoms with Gasteiger partial charge in [-0.3, -0.25) is 4.79 Å². The van der Waals surface area contributed by atoms with Crippen molar-refractivity contribution in [2.24, 2.45) is 0 Å². The van der Waals surface area contributed by atoms with Gasteiger partial charge in [-0.2, -0.15) is 0 Å². The van der Waals surface area contributed by atoms with Crippen molar-refractivity contribution in [2.45, 2.75) is 0 Å². The molecule has 0 spiro atoms.